The lowest BCUT2D eigenvalue weighted by Gasteiger charge is -2.45. The summed E-state index contributed by atoms with van der Waals surface area (Å²) >= 11 is 0. The molecule has 0 bridgehead atoms. The normalized spacial score (nSPS) is 13.2. The van der Waals surface area contributed by atoms with E-state index in [0.29, 0.717) is 23.4 Å². The molecule has 8 nitrogen and oxygen atoms in total. The van der Waals surface area contributed by atoms with Crippen molar-refractivity contribution in [3.05, 3.63) is 66.2 Å². The number of hydrogen-bond donors (Lipinski definition) is 2. The Balaban J connectivity index is 2.65. The van der Waals surface area contributed by atoms with E-state index >= 15 is 0 Å². The number of nitrogens with one attached hydrogen (secondary N) is 2. The first kappa shape index (κ1) is 32.4. The Kier molecular flexibility index (Phi) is 10.9. The van der Waals surface area contributed by atoms with Crippen molar-refractivity contribution in [2.75, 3.05) is 12.4 Å². The van der Waals surface area contributed by atoms with Gasteiger partial charge < -0.3 is 25.0 Å². The van der Waals surface area contributed by atoms with Crippen LogP contribution in [0.25, 0.3) is 6.08 Å². The summed E-state index contributed by atoms with van der Waals surface area (Å²) in [4.78, 5) is 42.9. The number of methoxy groups -OCH3 is 1. The molecule has 2 N–H and O–H groups in total. The average Bonchev–Trinajstić information content (AvgIpc) is 2.89. The van der Waals surface area contributed by atoms with Crippen LogP contribution in [-0.4, -0.2) is 47.1 Å². The van der Waals surface area contributed by atoms with Crippen LogP contribution < -0.4 is 15.4 Å². The minimum Gasteiger partial charge on any atom is -0.497 e. The maximum absolute atomic E-state index is 14.4. The molecule has 0 aromatic heterocycles. The lowest BCUT2D eigenvalue weighted by Crippen LogP contribution is -2.60. The summed E-state index contributed by atoms with van der Waals surface area (Å²) in [5, 5.41) is 5.74. The SMILES string of the molecule is C=Cc1cccc(C(C(=O)Nc2ccc(OC)cc2)N(C(=O)C(NC(=O)OC(C)(C)C)C(C)C)C(C)(C)CC)c1. The van der Waals surface area contributed by atoms with Crippen LogP contribution in [0.5, 0.6) is 5.75 Å². The van der Waals surface area contributed by atoms with Gasteiger partial charge in [-0.25, -0.2) is 4.79 Å². The Bertz CT molecular complexity index is 1180. The fourth-order valence-electron chi connectivity index (χ4n) is 4.20. The third-order valence-corrected chi connectivity index (χ3v) is 6.69. The summed E-state index contributed by atoms with van der Waals surface area (Å²) in [5.41, 5.74) is 0.506. The standard InChI is InChI=1S/C32H45N3O5/c1-11-22-14-13-15-23(20-22)27(28(36)33-24-16-18-25(39-10)19-17-24)35(32(8,9)12-2)29(37)26(21(3)4)34-30(38)40-31(5,6)7/h11,13-21,26-27H,1,12H2,2-10H3,(H,33,36)(H,34,38). The molecule has 0 fully saturated rings. The van der Waals surface area contributed by atoms with Crippen LogP contribution in [0.3, 0.4) is 0 Å². The van der Waals surface area contributed by atoms with E-state index in [-0.39, 0.29) is 17.7 Å². The lowest BCUT2D eigenvalue weighted by atomic mass is 9.90. The van der Waals surface area contributed by atoms with Gasteiger partial charge in [0.15, 0.2) is 0 Å². The molecule has 2 aromatic carbocycles. The van der Waals surface area contributed by atoms with Crippen molar-refractivity contribution in [2.24, 2.45) is 5.92 Å². The molecule has 0 aliphatic carbocycles. The minimum atomic E-state index is -1.01. The maximum Gasteiger partial charge on any atom is 0.408 e. The first-order valence-electron chi connectivity index (χ1n) is 13.6. The number of benzene rings is 2. The number of rotatable bonds is 11. The van der Waals surface area contributed by atoms with E-state index < -0.39 is 29.3 Å². The van der Waals surface area contributed by atoms with E-state index in [4.69, 9.17) is 9.47 Å². The molecule has 2 atom stereocenters. The largest absolute Gasteiger partial charge is 0.497 e. The quantitative estimate of drug-likeness (QED) is 0.329. The molecule has 0 saturated heterocycles. The van der Waals surface area contributed by atoms with Gasteiger partial charge in [0.05, 0.1) is 7.11 Å². The Morgan fingerprint density at radius 3 is 2.15 bits per heavy atom. The number of carbonyl (C=O) groups excluding carboxylic acids is 3. The van der Waals surface area contributed by atoms with Gasteiger partial charge in [0.2, 0.25) is 5.91 Å². The fraction of sp³-hybridized carbons (Fsp3) is 0.469. The molecule has 0 aliphatic rings. The molecule has 2 aromatic rings. The van der Waals surface area contributed by atoms with Crippen LogP contribution in [0.1, 0.15) is 79.0 Å². The predicted molar refractivity (Wildman–Crippen MR) is 160 cm³/mol. The Morgan fingerprint density at radius 2 is 1.65 bits per heavy atom. The highest BCUT2D eigenvalue weighted by molar-refractivity contribution is 5.99. The Hall–Kier alpha value is -3.81. The van der Waals surface area contributed by atoms with Gasteiger partial charge in [0, 0.05) is 11.2 Å². The van der Waals surface area contributed by atoms with Crippen LogP contribution in [0, 0.1) is 5.92 Å². The minimum absolute atomic E-state index is 0.278. The number of alkyl carbamates (subject to hydrolysis) is 1. The monoisotopic (exact) mass is 551 g/mol. The van der Waals surface area contributed by atoms with Crippen LogP contribution in [-0.2, 0) is 14.3 Å². The molecule has 0 spiro atoms. The van der Waals surface area contributed by atoms with E-state index in [1.165, 1.54) is 0 Å². The molecule has 218 valence electrons. The second-order valence-electron chi connectivity index (χ2n) is 11.7. The summed E-state index contributed by atoms with van der Waals surface area (Å²) in [6.07, 6.45) is 1.56. The summed E-state index contributed by atoms with van der Waals surface area (Å²) in [5.74, 6) is -0.391. The van der Waals surface area contributed by atoms with Crippen LogP contribution in [0.2, 0.25) is 0 Å². The van der Waals surface area contributed by atoms with Crippen molar-refractivity contribution < 1.29 is 23.9 Å². The maximum atomic E-state index is 14.4. The zero-order chi connectivity index (χ0) is 30.3. The van der Waals surface area contributed by atoms with Crippen LogP contribution in [0.4, 0.5) is 10.5 Å². The molecule has 0 saturated carbocycles. The highest BCUT2D eigenvalue weighted by Gasteiger charge is 2.44. The highest BCUT2D eigenvalue weighted by atomic mass is 16.6. The predicted octanol–water partition coefficient (Wildman–Crippen LogP) is 6.58. The van der Waals surface area contributed by atoms with Gasteiger partial charge in [0.25, 0.3) is 5.91 Å². The smallest absolute Gasteiger partial charge is 0.408 e. The Morgan fingerprint density at radius 1 is 1.02 bits per heavy atom. The second kappa shape index (κ2) is 13.5. The van der Waals surface area contributed by atoms with Crippen LogP contribution >= 0.6 is 0 Å². The molecule has 0 aliphatic heterocycles. The number of nitrogens with zero attached hydrogens (tertiary/aromatic N) is 1. The van der Waals surface area contributed by atoms with E-state index in [0.717, 1.165) is 5.56 Å². The number of anilines is 1. The van der Waals surface area contributed by atoms with Crippen LogP contribution in [0.15, 0.2) is 55.1 Å². The fourth-order valence-corrected chi connectivity index (χ4v) is 4.20. The van der Waals surface area contributed by atoms with E-state index in [2.05, 4.69) is 17.2 Å². The van der Waals surface area contributed by atoms with Gasteiger partial charge in [-0.15, -0.1) is 0 Å². The number of amides is 3. The third-order valence-electron chi connectivity index (χ3n) is 6.69. The van der Waals surface area contributed by atoms with Gasteiger partial charge in [-0.05, 0) is 88.4 Å². The van der Waals surface area contributed by atoms with Gasteiger partial charge in [0.1, 0.15) is 23.4 Å². The van der Waals surface area contributed by atoms with Crippen molar-refractivity contribution in [2.45, 2.75) is 85.0 Å². The Labute approximate surface area is 239 Å². The van der Waals surface area contributed by atoms with Crippen molar-refractivity contribution in [3.8, 4) is 5.75 Å². The molecule has 40 heavy (non-hydrogen) atoms. The molecule has 0 radical (unpaired) electrons. The summed E-state index contributed by atoms with van der Waals surface area (Å²) in [6, 6.07) is 12.4. The molecule has 0 heterocycles. The number of carbonyl (C=O) groups is 3. The summed E-state index contributed by atoms with van der Waals surface area (Å²) in [7, 11) is 1.57. The van der Waals surface area contributed by atoms with Crippen molar-refractivity contribution >= 4 is 29.7 Å². The molecular formula is C32H45N3O5. The lowest BCUT2D eigenvalue weighted by molar-refractivity contribution is -0.148. The first-order chi connectivity index (χ1) is 18.6. The summed E-state index contributed by atoms with van der Waals surface area (Å²) in [6.45, 7) is 18.6. The highest BCUT2D eigenvalue weighted by Crippen LogP contribution is 2.34. The molecule has 8 heteroatoms. The van der Waals surface area contributed by atoms with Gasteiger partial charge in [-0.2, -0.15) is 0 Å². The van der Waals surface area contributed by atoms with Crippen molar-refractivity contribution in [1.82, 2.24) is 10.2 Å². The summed E-state index contributed by atoms with van der Waals surface area (Å²) < 4.78 is 10.7. The van der Waals surface area contributed by atoms with Gasteiger partial charge in [-0.1, -0.05) is 51.6 Å². The topological polar surface area (TPSA) is 97.0 Å². The van der Waals surface area contributed by atoms with Crippen molar-refractivity contribution in [1.29, 1.82) is 0 Å². The zero-order valence-electron chi connectivity index (χ0n) is 25.3. The molecule has 3 amide bonds. The molecule has 2 rings (SSSR count). The second-order valence-corrected chi connectivity index (χ2v) is 11.7. The van der Waals surface area contributed by atoms with E-state index in [1.807, 2.05) is 58.9 Å². The average molecular weight is 552 g/mol. The molecular weight excluding hydrogens is 506 g/mol. The number of hydrogen-bond acceptors (Lipinski definition) is 5. The molecule has 2 unspecified atom stereocenters. The first-order valence-corrected chi connectivity index (χ1v) is 13.6. The zero-order valence-corrected chi connectivity index (χ0v) is 25.3. The number of ether oxygens (including phenoxy) is 2. The van der Waals surface area contributed by atoms with E-state index in [1.54, 1.807) is 63.1 Å². The van der Waals surface area contributed by atoms with Crippen molar-refractivity contribution in [3.63, 3.8) is 0 Å². The van der Waals surface area contributed by atoms with Gasteiger partial charge >= 0.3 is 6.09 Å². The van der Waals surface area contributed by atoms with Gasteiger partial charge in [-0.3, -0.25) is 9.59 Å². The third kappa shape index (κ3) is 8.60. The van der Waals surface area contributed by atoms with E-state index in [9.17, 15) is 14.4 Å².